The summed E-state index contributed by atoms with van der Waals surface area (Å²) in [4.78, 5) is 19.1. The molecule has 2 rings (SSSR count). The van der Waals surface area contributed by atoms with Crippen LogP contribution < -0.4 is 5.32 Å². The first kappa shape index (κ1) is 15.1. The van der Waals surface area contributed by atoms with Gasteiger partial charge in [0.2, 0.25) is 0 Å². The number of aromatic nitrogens is 2. The van der Waals surface area contributed by atoms with E-state index in [2.05, 4.69) is 15.3 Å². The Labute approximate surface area is 123 Å². The van der Waals surface area contributed by atoms with Crippen molar-refractivity contribution in [2.24, 2.45) is 0 Å². The molecule has 0 aliphatic carbocycles. The molecule has 110 valence electrons. The molecule has 2 aromatic rings. The van der Waals surface area contributed by atoms with E-state index in [4.69, 9.17) is 0 Å². The average Bonchev–Trinajstić information content (AvgIpc) is 2.43. The molecule has 2 heterocycles. The quantitative estimate of drug-likeness (QED) is 0.675. The van der Waals surface area contributed by atoms with Gasteiger partial charge in [0.05, 0.1) is 10.6 Å². The average molecular weight is 286 g/mol. The van der Waals surface area contributed by atoms with Crippen LogP contribution in [0.25, 0.3) is 0 Å². The van der Waals surface area contributed by atoms with Gasteiger partial charge < -0.3 is 5.32 Å². The first-order valence-electron chi connectivity index (χ1n) is 6.70. The fraction of sp³-hybridized carbons (Fsp3) is 0.333. The summed E-state index contributed by atoms with van der Waals surface area (Å²) in [6, 6.07) is 1.96. The molecule has 0 aliphatic rings. The number of nitrogens with zero attached hydrogens (tertiary/aromatic N) is 3. The summed E-state index contributed by atoms with van der Waals surface area (Å²) in [5, 5.41) is 14.3. The third-order valence-electron chi connectivity index (χ3n) is 3.51. The molecule has 0 aliphatic heterocycles. The molecule has 0 fully saturated rings. The maximum Gasteiger partial charge on any atom is 0.278 e. The number of nitrogens with one attached hydrogen (secondary N) is 1. The van der Waals surface area contributed by atoms with Gasteiger partial charge in [-0.1, -0.05) is 0 Å². The molecule has 6 nitrogen and oxygen atoms in total. The van der Waals surface area contributed by atoms with Gasteiger partial charge in [-0.15, -0.1) is 0 Å². The van der Waals surface area contributed by atoms with Gasteiger partial charge in [0.25, 0.3) is 5.69 Å². The molecule has 1 N–H and O–H groups in total. The monoisotopic (exact) mass is 286 g/mol. The van der Waals surface area contributed by atoms with E-state index in [-0.39, 0.29) is 10.6 Å². The van der Waals surface area contributed by atoms with E-state index in [0.29, 0.717) is 29.9 Å². The van der Waals surface area contributed by atoms with Gasteiger partial charge in [-0.2, -0.15) is 0 Å². The second kappa shape index (κ2) is 6.41. The standard InChI is InChI=1S/C15H18N4O2/c1-10-4-5-16-7-13(10)8-17-9-14-12(3)15(19(20)21)11(2)6-18-14/h4-7,17H,8-9H2,1-3H3. The van der Waals surface area contributed by atoms with Crippen molar-refractivity contribution in [2.45, 2.75) is 33.9 Å². The minimum absolute atomic E-state index is 0.152. The molecule has 0 unspecified atom stereocenters. The Balaban J connectivity index is 2.09. The highest BCUT2D eigenvalue weighted by molar-refractivity contribution is 5.47. The molecule has 0 atom stereocenters. The normalized spacial score (nSPS) is 10.6. The fourth-order valence-corrected chi connectivity index (χ4v) is 2.22. The molecule has 0 radical (unpaired) electrons. The van der Waals surface area contributed by atoms with E-state index < -0.39 is 0 Å². The third kappa shape index (κ3) is 3.41. The zero-order valence-corrected chi connectivity index (χ0v) is 12.4. The zero-order chi connectivity index (χ0) is 15.4. The van der Waals surface area contributed by atoms with E-state index in [9.17, 15) is 10.1 Å². The van der Waals surface area contributed by atoms with Crippen LogP contribution in [0.4, 0.5) is 5.69 Å². The summed E-state index contributed by atoms with van der Waals surface area (Å²) in [7, 11) is 0. The topological polar surface area (TPSA) is 81.0 Å². The van der Waals surface area contributed by atoms with Crippen LogP contribution in [0.3, 0.4) is 0 Å². The van der Waals surface area contributed by atoms with Gasteiger partial charge in [-0.3, -0.25) is 20.1 Å². The molecule has 0 saturated heterocycles. The second-order valence-electron chi connectivity index (χ2n) is 5.02. The van der Waals surface area contributed by atoms with Crippen LogP contribution in [0.15, 0.2) is 24.7 Å². The number of aryl methyl sites for hydroxylation is 2. The lowest BCUT2D eigenvalue weighted by molar-refractivity contribution is -0.386. The first-order chi connectivity index (χ1) is 10.0. The predicted octanol–water partition coefficient (Wildman–Crippen LogP) is 2.60. The van der Waals surface area contributed by atoms with E-state index >= 15 is 0 Å². The van der Waals surface area contributed by atoms with E-state index in [1.165, 1.54) is 0 Å². The molecule has 0 bridgehead atoms. The first-order valence-corrected chi connectivity index (χ1v) is 6.70. The Morgan fingerprint density at radius 2 is 1.95 bits per heavy atom. The Morgan fingerprint density at radius 1 is 1.19 bits per heavy atom. The SMILES string of the molecule is Cc1ccncc1CNCc1ncc(C)c([N+](=O)[O-])c1C. The molecule has 6 heteroatoms. The van der Waals surface area contributed by atoms with Crippen molar-refractivity contribution >= 4 is 5.69 Å². The van der Waals surface area contributed by atoms with Crippen LogP contribution in [0, 0.1) is 30.9 Å². The number of hydrogen-bond donors (Lipinski definition) is 1. The van der Waals surface area contributed by atoms with E-state index in [1.54, 1.807) is 26.2 Å². The summed E-state index contributed by atoms with van der Waals surface area (Å²) < 4.78 is 0. The lowest BCUT2D eigenvalue weighted by Crippen LogP contribution is -2.16. The molecule has 2 aromatic heterocycles. The molecule has 0 saturated carbocycles. The van der Waals surface area contributed by atoms with Crippen molar-refractivity contribution < 1.29 is 4.92 Å². The van der Waals surface area contributed by atoms with Gasteiger partial charge >= 0.3 is 0 Å². The highest BCUT2D eigenvalue weighted by Crippen LogP contribution is 2.23. The Hall–Kier alpha value is -2.34. The van der Waals surface area contributed by atoms with Gasteiger partial charge in [0.1, 0.15) is 0 Å². The number of pyridine rings is 2. The van der Waals surface area contributed by atoms with Crippen molar-refractivity contribution in [3.05, 3.63) is 62.7 Å². The van der Waals surface area contributed by atoms with Crippen LogP contribution in [-0.2, 0) is 13.1 Å². The lowest BCUT2D eigenvalue weighted by atomic mass is 10.1. The smallest absolute Gasteiger partial charge is 0.278 e. The summed E-state index contributed by atoms with van der Waals surface area (Å²) in [6.07, 6.45) is 5.13. The second-order valence-corrected chi connectivity index (χ2v) is 5.02. The minimum atomic E-state index is -0.346. The van der Waals surface area contributed by atoms with E-state index in [1.807, 2.05) is 19.2 Å². The van der Waals surface area contributed by atoms with Crippen molar-refractivity contribution in [1.29, 1.82) is 0 Å². The number of nitro groups is 1. The highest BCUT2D eigenvalue weighted by atomic mass is 16.6. The Bertz CT molecular complexity index is 671. The van der Waals surface area contributed by atoms with Crippen molar-refractivity contribution in [3.8, 4) is 0 Å². The van der Waals surface area contributed by atoms with E-state index in [0.717, 1.165) is 11.1 Å². The van der Waals surface area contributed by atoms with Crippen LogP contribution in [-0.4, -0.2) is 14.9 Å². The maximum atomic E-state index is 11.1. The predicted molar refractivity (Wildman–Crippen MR) is 79.9 cm³/mol. The zero-order valence-electron chi connectivity index (χ0n) is 12.4. The van der Waals surface area contributed by atoms with Gasteiger partial charge in [-0.05, 0) is 38.0 Å². The largest absolute Gasteiger partial charge is 0.307 e. The van der Waals surface area contributed by atoms with Crippen LogP contribution >= 0.6 is 0 Å². The van der Waals surface area contributed by atoms with Gasteiger partial charge in [0.15, 0.2) is 0 Å². The molecular weight excluding hydrogens is 268 g/mol. The number of hydrogen-bond acceptors (Lipinski definition) is 5. The minimum Gasteiger partial charge on any atom is -0.307 e. The summed E-state index contributed by atoms with van der Waals surface area (Å²) >= 11 is 0. The highest BCUT2D eigenvalue weighted by Gasteiger charge is 2.18. The number of rotatable bonds is 5. The molecule has 0 amide bonds. The Morgan fingerprint density at radius 3 is 2.62 bits per heavy atom. The van der Waals surface area contributed by atoms with Crippen LogP contribution in [0.5, 0.6) is 0 Å². The van der Waals surface area contributed by atoms with Crippen molar-refractivity contribution in [2.75, 3.05) is 0 Å². The van der Waals surface area contributed by atoms with Gasteiger partial charge in [0, 0.05) is 42.8 Å². The molecule has 21 heavy (non-hydrogen) atoms. The van der Waals surface area contributed by atoms with Gasteiger partial charge in [-0.25, -0.2) is 0 Å². The summed E-state index contributed by atoms with van der Waals surface area (Å²) in [5.41, 5.74) is 4.33. The van der Waals surface area contributed by atoms with Crippen LogP contribution in [0.2, 0.25) is 0 Å². The van der Waals surface area contributed by atoms with Crippen molar-refractivity contribution in [1.82, 2.24) is 15.3 Å². The molecular formula is C15H18N4O2. The maximum absolute atomic E-state index is 11.1. The summed E-state index contributed by atoms with van der Waals surface area (Å²) in [5.74, 6) is 0. The van der Waals surface area contributed by atoms with Crippen molar-refractivity contribution in [3.63, 3.8) is 0 Å². The third-order valence-corrected chi connectivity index (χ3v) is 3.51. The summed E-state index contributed by atoms with van der Waals surface area (Å²) in [6.45, 7) is 6.61. The molecule has 0 aromatic carbocycles. The fourth-order valence-electron chi connectivity index (χ4n) is 2.22. The van der Waals surface area contributed by atoms with Crippen LogP contribution in [0.1, 0.15) is 27.9 Å². The molecule has 0 spiro atoms. The lowest BCUT2D eigenvalue weighted by Gasteiger charge is -2.10. The Kier molecular flexibility index (Phi) is 4.59.